The van der Waals surface area contributed by atoms with E-state index in [0.29, 0.717) is 0 Å². The highest BCUT2D eigenvalue weighted by molar-refractivity contribution is 5.69. The lowest BCUT2D eigenvalue weighted by Crippen LogP contribution is -2.08. The molecular weight excluding hydrogens is 128 g/mol. The molecule has 0 aromatic carbocycles. The average Bonchev–Trinajstić information content (AvgIpc) is 1.88. The lowest BCUT2D eigenvalue weighted by atomic mass is 10.1. The summed E-state index contributed by atoms with van der Waals surface area (Å²) in [5.74, 6) is -0.916. The predicted octanol–water partition coefficient (Wildman–Crippen LogP) is 2.06. The van der Waals surface area contributed by atoms with Gasteiger partial charge in [-0.25, -0.2) is 0 Å². The number of hydrogen-bond acceptors (Lipinski definition) is 1. The van der Waals surface area contributed by atoms with Crippen LogP contribution in [0.5, 0.6) is 0 Å². The summed E-state index contributed by atoms with van der Waals surface area (Å²) >= 11 is 0. The van der Waals surface area contributed by atoms with Gasteiger partial charge in [0.25, 0.3) is 0 Å². The van der Waals surface area contributed by atoms with Crippen molar-refractivity contribution < 1.29 is 9.90 Å². The maximum Gasteiger partial charge on any atom is 0.306 e. The molecule has 2 heteroatoms. The minimum absolute atomic E-state index is 0.212. The second kappa shape index (κ2) is 5.03. The summed E-state index contributed by atoms with van der Waals surface area (Å²) in [6, 6.07) is 0. The Morgan fingerprint density at radius 1 is 1.70 bits per heavy atom. The van der Waals surface area contributed by atoms with Crippen LogP contribution in [-0.4, -0.2) is 11.1 Å². The van der Waals surface area contributed by atoms with Crippen LogP contribution >= 0.6 is 0 Å². The van der Waals surface area contributed by atoms with Gasteiger partial charge in [-0.2, -0.15) is 0 Å². The second-order valence-electron chi connectivity index (χ2n) is 2.39. The van der Waals surface area contributed by atoms with E-state index in [4.69, 9.17) is 5.11 Å². The fourth-order valence-corrected chi connectivity index (χ4v) is 0.636. The maximum atomic E-state index is 10.3. The first-order chi connectivity index (χ1) is 4.68. The molecule has 1 N–H and O–H groups in total. The van der Waals surface area contributed by atoms with Crippen molar-refractivity contribution in [2.45, 2.75) is 26.7 Å². The minimum atomic E-state index is -0.704. The lowest BCUT2D eigenvalue weighted by Gasteiger charge is -2.01. The predicted molar refractivity (Wildman–Crippen MR) is 40.8 cm³/mol. The van der Waals surface area contributed by atoms with Crippen molar-refractivity contribution in [2.75, 3.05) is 0 Å². The molecule has 0 aliphatic heterocycles. The van der Waals surface area contributed by atoms with Crippen molar-refractivity contribution in [2.24, 2.45) is 5.92 Å². The Hall–Kier alpha value is -0.790. The fraction of sp³-hybridized carbons (Fsp3) is 0.625. The van der Waals surface area contributed by atoms with Crippen LogP contribution in [0.2, 0.25) is 0 Å². The van der Waals surface area contributed by atoms with Crippen LogP contribution in [0.4, 0.5) is 0 Å². The molecule has 0 aromatic rings. The first-order valence-electron chi connectivity index (χ1n) is 3.52. The third kappa shape index (κ3) is 4.13. The SMILES string of the molecule is C/C=C/CC[C@@H](C)C(=O)O. The van der Waals surface area contributed by atoms with Gasteiger partial charge in [0, 0.05) is 0 Å². The Balaban J connectivity index is 3.39. The van der Waals surface area contributed by atoms with Crippen molar-refractivity contribution in [1.82, 2.24) is 0 Å². The van der Waals surface area contributed by atoms with E-state index in [1.807, 2.05) is 19.1 Å². The normalized spacial score (nSPS) is 13.8. The zero-order chi connectivity index (χ0) is 7.98. The van der Waals surface area contributed by atoms with Crippen molar-refractivity contribution >= 4 is 5.97 Å². The summed E-state index contributed by atoms with van der Waals surface area (Å²) in [5, 5.41) is 8.46. The Morgan fingerprint density at radius 3 is 2.70 bits per heavy atom. The van der Waals surface area contributed by atoms with Crippen LogP contribution in [0.3, 0.4) is 0 Å². The van der Waals surface area contributed by atoms with Gasteiger partial charge >= 0.3 is 5.97 Å². The Kier molecular flexibility index (Phi) is 4.63. The third-order valence-corrected chi connectivity index (χ3v) is 1.42. The van der Waals surface area contributed by atoms with Crippen LogP contribution in [0, 0.1) is 5.92 Å². The van der Waals surface area contributed by atoms with Gasteiger partial charge in [0.15, 0.2) is 0 Å². The highest BCUT2D eigenvalue weighted by Crippen LogP contribution is 2.05. The Labute approximate surface area is 61.6 Å². The van der Waals surface area contributed by atoms with Gasteiger partial charge in [0.05, 0.1) is 5.92 Å². The molecule has 0 aromatic heterocycles. The maximum absolute atomic E-state index is 10.3. The van der Waals surface area contributed by atoms with E-state index in [1.54, 1.807) is 6.92 Å². The lowest BCUT2D eigenvalue weighted by molar-refractivity contribution is -0.141. The summed E-state index contributed by atoms with van der Waals surface area (Å²) in [6.07, 6.45) is 5.53. The molecule has 0 saturated carbocycles. The topological polar surface area (TPSA) is 37.3 Å². The number of aliphatic carboxylic acids is 1. The van der Waals surface area contributed by atoms with Crippen LogP contribution in [0.15, 0.2) is 12.2 Å². The van der Waals surface area contributed by atoms with E-state index < -0.39 is 5.97 Å². The first kappa shape index (κ1) is 9.21. The smallest absolute Gasteiger partial charge is 0.306 e. The van der Waals surface area contributed by atoms with Crippen molar-refractivity contribution in [3.63, 3.8) is 0 Å². The minimum Gasteiger partial charge on any atom is -0.481 e. The van der Waals surface area contributed by atoms with E-state index in [1.165, 1.54) is 0 Å². The Morgan fingerprint density at radius 2 is 2.30 bits per heavy atom. The molecule has 2 nitrogen and oxygen atoms in total. The average molecular weight is 142 g/mol. The van der Waals surface area contributed by atoms with Gasteiger partial charge in [-0.05, 0) is 19.8 Å². The number of carboxylic acids is 1. The summed E-state index contributed by atoms with van der Waals surface area (Å²) in [7, 11) is 0. The van der Waals surface area contributed by atoms with Gasteiger partial charge in [-0.3, -0.25) is 4.79 Å². The van der Waals surface area contributed by atoms with Crippen molar-refractivity contribution in [1.29, 1.82) is 0 Å². The zero-order valence-electron chi connectivity index (χ0n) is 6.50. The van der Waals surface area contributed by atoms with E-state index in [2.05, 4.69) is 0 Å². The van der Waals surface area contributed by atoms with E-state index in [-0.39, 0.29) is 5.92 Å². The van der Waals surface area contributed by atoms with E-state index >= 15 is 0 Å². The Bertz CT molecular complexity index is 127. The fourth-order valence-electron chi connectivity index (χ4n) is 0.636. The zero-order valence-corrected chi connectivity index (χ0v) is 6.50. The molecule has 10 heavy (non-hydrogen) atoms. The summed E-state index contributed by atoms with van der Waals surface area (Å²) in [6.45, 7) is 3.66. The van der Waals surface area contributed by atoms with Crippen molar-refractivity contribution in [3.05, 3.63) is 12.2 Å². The van der Waals surface area contributed by atoms with Crippen LogP contribution in [0.1, 0.15) is 26.7 Å². The number of carbonyl (C=O) groups is 1. The van der Waals surface area contributed by atoms with Crippen molar-refractivity contribution in [3.8, 4) is 0 Å². The molecule has 0 bridgehead atoms. The first-order valence-corrected chi connectivity index (χ1v) is 3.52. The van der Waals surface area contributed by atoms with Crippen LogP contribution in [0.25, 0.3) is 0 Å². The van der Waals surface area contributed by atoms with E-state index in [0.717, 1.165) is 12.8 Å². The van der Waals surface area contributed by atoms with Gasteiger partial charge in [-0.1, -0.05) is 19.1 Å². The molecule has 0 radical (unpaired) electrons. The number of allylic oxidation sites excluding steroid dienone is 2. The number of rotatable bonds is 4. The standard InChI is InChI=1S/C8H14O2/c1-3-4-5-6-7(2)8(9)10/h3-4,7H,5-6H2,1-2H3,(H,9,10)/b4-3+/t7-/m1/s1. The van der Waals surface area contributed by atoms with Gasteiger partial charge in [-0.15, -0.1) is 0 Å². The molecule has 0 rings (SSSR count). The molecule has 0 aliphatic carbocycles. The summed E-state index contributed by atoms with van der Waals surface area (Å²) < 4.78 is 0. The molecule has 0 saturated heterocycles. The van der Waals surface area contributed by atoms with Gasteiger partial charge < -0.3 is 5.11 Å². The molecule has 1 atom stereocenters. The number of carboxylic acid groups (broad SMARTS) is 1. The van der Waals surface area contributed by atoms with Gasteiger partial charge in [0.2, 0.25) is 0 Å². The number of hydrogen-bond donors (Lipinski definition) is 1. The molecule has 0 fully saturated rings. The van der Waals surface area contributed by atoms with Crippen LogP contribution < -0.4 is 0 Å². The summed E-state index contributed by atoms with van der Waals surface area (Å²) in [4.78, 5) is 10.3. The molecule has 0 spiro atoms. The van der Waals surface area contributed by atoms with Crippen LogP contribution in [-0.2, 0) is 4.79 Å². The third-order valence-electron chi connectivity index (χ3n) is 1.42. The monoisotopic (exact) mass is 142 g/mol. The molecule has 0 amide bonds. The highest BCUT2D eigenvalue weighted by Gasteiger charge is 2.07. The molecule has 0 aliphatic rings. The quantitative estimate of drug-likeness (QED) is 0.610. The largest absolute Gasteiger partial charge is 0.481 e. The molecular formula is C8H14O2. The summed E-state index contributed by atoms with van der Waals surface area (Å²) in [5.41, 5.74) is 0. The molecule has 0 heterocycles. The van der Waals surface area contributed by atoms with E-state index in [9.17, 15) is 4.79 Å². The van der Waals surface area contributed by atoms with Gasteiger partial charge in [0.1, 0.15) is 0 Å². The molecule has 0 unspecified atom stereocenters. The molecule has 58 valence electrons. The highest BCUT2D eigenvalue weighted by atomic mass is 16.4. The second-order valence-corrected chi connectivity index (χ2v) is 2.39.